The topological polar surface area (TPSA) is 78.9 Å². The second-order valence-electron chi connectivity index (χ2n) is 6.30. The number of nitriles is 1. The van der Waals surface area contributed by atoms with Crippen molar-refractivity contribution in [1.29, 1.82) is 5.26 Å². The van der Waals surface area contributed by atoms with Crippen LogP contribution < -0.4 is 10.9 Å². The average Bonchev–Trinajstić information content (AvgIpc) is 3.19. The first kappa shape index (κ1) is 19.1. The van der Waals surface area contributed by atoms with E-state index in [1.165, 1.54) is 11.3 Å². The molecule has 7 heteroatoms. The van der Waals surface area contributed by atoms with Crippen molar-refractivity contribution in [3.63, 3.8) is 0 Å². The third-order valence-electron chi connectivity index (χ3n) is 4.34. The summed E-state index contributed by atoms with van der Waals surface area (Å²) in [5.41, 5.74) is 3.27. The van der Waals surface area contributed by atoms with E-state index in [9.17, 15) is 10.1 Å². The van der Waals surface area contributed by atoms with Crippen LogP contribution >= 0.6 is 27.3 Å². The minimum atomic E-state index is -0.461. The molecule has 0 aliphatic carbocycles. The van der Waals surface area contributed by atoms with Gasteiger partial charge in [0, 0.05) is 27.1 Å². The van der Waals surface area contributed by atoms with E-state index >= 15 is 0 Å². The lowest BCUT2D eigenvalue weighted by molar-refractivity contribution is 0.563. The van der Waals surface area contributed by atoms with Crippen molar-refractivity contribution < 1.29 is 4.42 Å². The SMILES string of the molecule is Cc1ccccc1N/C=C(\C#N)c1nc(-c2cc3cc(Br)ccc3oc2=O)cs1. The van der Waals surface area contributed by atoms with Crippen LogP contribution in [0.25, 0.3) is 27.8 Å². The fourth-order valence-corrected chi connectivity index (χ4v) is 3.98. The summed E-state index contributed by atoms with van der Waals surface area (Å²) in [6.07, 6.45) is 1.63. The highest BCUT2D eigenvalue weighted by Crippen LogP contribution is 2.27. The highest BCUT2D eigenvalue weighted by atomic mass is 79.9. The Balaban J connectivity index is 1.69. The summed E-state index contributed by atoms with van der Waals surface area (Å²) in [4.78, 5) is 16.9. The highest BCUT2D eigenvalue weighted by molar-refractivity contribution is 9.10. The zero-order valence-electron chi connectivity index (χ0n) is 15.3. The molecule has 2 aromatic heterocycles. The van der Waals surface area contributed by atoms with Crippen LogP contribution in [0.3, 0.4) is 0 Å². The van der Waals surface area contributed by atoms with E-state index in [0.717, 1.165) is 21.1 Å². The lowest BCUT2D eigenvalue weighted by atomic mass is 10.1. The highest BCUT2D eigenvalue weighted by Gasteiger charge is 2.14. The van der Waals surface area contributed by atoms with Crippen LogP contribution in [0.2, 0.25) is 0 Å². The number of para-hydroxylation sites is 1. The molecule has 0 spiro atoms. The number of aryl methyl sites for hydroxylation is 1. The molecule has 0 unspecified atom stereocenters. The van der Waals surface area contributed by atoms with Crippen molar-refractivity contribution in [2.24, 2.45) is 0 Å². The van der Waals surface area contributed by atoms with E-state index < -0.39 is 5.63 Å². The van der Waals surface area contributed by atoms with Gasteiger partial charge in [0.25, 0.3) is 0 Å². The molecule has 0 aliphatic rings. The fraction of sp³-hybridized carbons (Fsp3) is 0.0455. The quantitative estimate of drug-likeness (QED) is 0.298. The first-order valence-electron chi connectivity index (χ1n) is 8.67. The number of hydrogen-bond acceptors (Lipinski definition) is 6. The zero-order chi connectivity index (χ0) is 20.4. The summed E-state index contributed by atoms with van der Waals surface area (Å²) in [6, 6.07) is 17.2. The van der Waals surface area contributed by atoms with Crippen LogP contribution in [-0.2, 0) is 0 Å². The van der Waals surface area contributed by atoms with Crippen LogP contribution in [0.15, 0.2) is 73.8 Å². The second kappa shape index (κ2) is 8.03. The molecule has 2 aromatic carbocycles. The third-order valence-corrected chi connectivity index (χ3v) is 5.71. The molecule has 0 radical (unpaired) electrons. The van der Waals surface area contributed by atoms with Crippen LogP contribution in [0.1, 0.15) is 10.6 Å². The summed E-state index contributed by atoms with van der Waals surface area (Å²) in [5.74, 6) is 0. The van der Waals surface area contributed by atoms with Gasteiger partial charge >= 0.3 is 5.63 Å². The van der Waals surface area contributed by atoms with Crippen molar-refractivity contribution in [3.05, 3.63) is 85.6 Å². The second-order valence-corrected chi connectivity index (χ2v) is 8.07. The Labute approximate surface area is 179 Å². The summed E-state index contributed by atoms with van der Waals surface area (Å²) in [7, 11) is 0. The molecule has 0 fully saturated rings. The summed E-state index contributed by atoms with van der Waals surface area (Å²) < 4.78 is 6.30. The van der Waals surface area contributed by atoms with E-state index in [1.54, 1.807) is 23.7 Å². The maximum Gasteiger partial charge on any atom is 0.345 e. The molecule has 1 N–H and O–H groups in total. The van der Waals surface area contributed by atoms with Gasteiger partial charge in [0.2, 0.25) is 0 Å². The predicted molar refractivity (Wildman–Crippen MR) is 120 cm³/mol. The number of anilines is 1. The van der Waals surface area contributed by atoms with Gasteiger partial charge in [-0.2, -0.15) is 5.26 Å². The maximum atomic E-state index is 12.4. The van der Waals surface area contributed by atoms with Crippen LogP contribution in [0.4, 0.5) is 5.69 Å². The first-order chi connectivity index (χ1) is 14.0. The van der Waals surface area contributed by atoms with Crippen molar-refractivity contribution in [1.82, 2.24) is 4.98 Å². The zero-order valence-corrected chi connectivity index (χ0v) is 17.7. The van der Waals surface area contributed by atoms with E-state index in [0.29, 0.717) is 27.4 Å². The Kier molecular flexibility index (Phi) is 5.30. The number of rotatable bonds is 4. The third kappa shape index (κ3) is 3.99. The molecular formula is C22H14BrN3O2S. The molecule has 142 valence electrons. The molecule has 0 atom stereocenters. The van der Waals surface area contributed by atoms with Gasteiger partial charge in [0.1, 0.15) is 22.2 Å². The minimum Gasteiger partial charge on any atom is -0.422 e. The number of nitrogens with one attached hydrogen (secondary N) is 1. The van der Waals surface area contributed by atoms with Gasteiger partial charge in [0.05, 0.1) is 11.3 Å². The number of nitrogens with zero attached hydrogens (tertiary/aromatic N) is 2. The molecule has 29 heavy (non-hydrogen) atoms. The van der Waals surface area contributed by atoms with Gasteiger partial charge in [-0.1, -0.05) is 34.1 Å². The molecule has 0 saturated heterocycles. The van der Waals surface area contributed by atoms with Crippen LogP contribution in [-0.4, -0.2) is 4.98 Å². The molecule has 2 heterocycles. The van der Waals surface area contributed by atoms with E-state index in [4.69, 9.17) is 4.42 Å². The number of aromatic nitrogens is 1. The van der Waals surface area contributed by atoms with Gasteiger partial charge < -0.3 is 9.73 Å². The maximum absolute atomic E-state index is 12.4. The fourth-order valence-electron chi connectivity index (χ4n) is 2.82. The van der Waals surface area contributed by atoms with Gasteiger partial charge in [0.15, 0.2) is 0 Å². The van der Waals surface area contributed by atoms with E-state index in [-0.39, 0.29) is 0 Å². The Morgan fingerprint density at radius 1 is 1.28 bits per heavy atom. The molecule has 0 bridgehead atoms. The molecule has 4 aromatic rings. The van der Waals surface area contributed by atoms with Crippen molar-refractivity contribution in [2.45, 2.75) is 6.92 Å². The molecule has 0 amide bonds. The lowest BCUT2D eigenvalue weighted by Gasteiger charge is -2.04. The first-order valence-corrected chi connectivity index (χ1v) is 10.3. The van der Waals surface area contributed by atoms with Crippen molar-refractivity contribution in [2.75, 3.05) is 5.32 Å². The summed E-state index contributed by atoms with van der Waals surface area (Å²) in [6.45, 7) is 1.99. The standard InChI is InChI=1S/C22H14BrN3O2S/c1-13-4-2-3-5-18(13)25-11-15(10-24)21-26-19(12-29-21)17-9-14-8-16(23)6-7-20(14)28-22(17)27/h2-9,11-12,25H,1H3/b15-11+. The molecular weight excluding hydrogens is 450 g/mol. The minimum absolute atomic E-state index is 0.363. The van der Waals surface area contributed by atoms with E-state index in [2.05, 4.69) is 32.3 Å². The number of halogens is 1. The monoisotopic (exact) mass is 463 g/mol. The number of benzene rings is 2. The average molecular weight is 464 g/mol. The number of fused-ring (bicyclic) bond motifs is 1. The molecule has 4 rings (SSSR count). The predicted octanol–water partition coefficient (Wildman–Crippen LogP) is 5.96. The van der Waals surface area contributed by atoms with Crippen LogP contribution in [0, 0.1) is 18.3 Å². The van der Waals surface area contributed by atoms with Gasteiger partial charge in [-0.05, 0) is 42.8 Å². The number of thiazole rings is 1. The van der Waals surface area contributed by atoms with E-state index in [1.807, 2.05) is 43.3 Å². The number of allylic oxidation sites excluding steroid dienone is 1. The smallest absolute Gasteiger partial charge is 0.345 e. The van der Waals surface area contributed by atoms with Gasteiger partial charge in [-0.3, -0.25) is 0 Å². The molecule has 5 nitrogen and oxygen atoms in total. The molecule has 0 saturated carbocycles. The molecule has 0 aliphatic heterocycles. The van der Waals surface area contributed by atoms with Crippen LogP contribution in [0.5, 0.6) is 0 Å². The van der Waals surface area contributed by atoms with Crippen molar-refractivity contribution in [3.8, 4) is 17.3 Å². The summed E-state index contributed by atoms with van der Waals surface area (Å²) in [5, 5.41) is 15.8. The Morgan fingerprint density at radius 3 is 2.90 bits per heavy atom. The van der Waals surface area contributed by atoms with Gasteiger partial charge in [-0.25, -0.2) is 9.78 Å². The summed E-state index contributed by atoms with van der Waals surface area (Å²) >= 11 is 4.72. The largest absolute Gasteiger partial charge is 0.422 e. The Morgan fingerprint density at radius 2 is 2.10 bits per heavy atom. The Bertz CT molecular complexity index is 1350. The lowest BCUT2D eigenvalue weighted by Crippen LogP contribution is -2.03. The normalized spacial score (nSPS) is 11.4. The van der Waals surface area contributed by atoms with Gasteiger partial charge in [-0.15, -0.1) is 11.3 Å². The number of hydrogen-bond donors (Lipinski definition) is 1. The Hall–Kier alpha value is -3.21. The van der Waals surface area contributed by atoms with Crippen molar-refractivity contribution >= 4 is 49.5 Å².